The Hall–Kier alpha value is -4.63. The number of nitrogens with zero attached hydrogens (tertiary/aromatic N) is 2. The summed E-state index contributed by atoms with van der Waals surface area (Å²) < 4.78 is 20.0. The van der Waals surface area contributed by atoms with Gasteiger partial charge in [0.2, 0.25) is 11.8 Å². The summed E-state index contributed by atoms with van der Waals surface area (Å²) in [7, 11) is 0. The Bertz CT molecular complexity index is 1560. The summed E-state index contributed by atoms with van der Waals surface area (Å²) in [5.74, 6) is -0.464. The molecule has 0 aliphatic rings. The van der Waals surface area contributed by atoms with Crippen LogP contribution in [0, 0.1) is 5.82 Å². The summed E-state index contributed by atoms with van der Waals surface area (Å²) >= 11 is 1.29. The number of halogens is 1. The van der Waals surface area contributed by atoms with Gasteiger partial charge in [0.25, 0.3) is 5.91 Å². The second-order valence-electron chi connectivity index (χ2n) is 7.81. The molecule has 0 saturated carbocycles. The fourth-order valence-electron chi connectivity index (χ4n) is 3.61. The van der Waals surface area contributed by atoms with Crippen molar-refractivity contribution in [2.45, 2.75) is 6.92 Å². The summed E-state index contributed by atoms with van der Waals surface area (Å²) in [6.45, 7) is 1.45. The van der Waals surface area contributed by atoms with E-state index in [4.69, 9.17) is 4.42 Å². The number of anilines is 2. The summed E-state index contributed by atoms with van der Waals surface area (Å²) in [5.41, 5.74) is 3.34. The van der Waals surface area contributed by atoms with Crippen LogP contribution < -0.4 is 10.6 Å². The number of carbonyl (C=O) groups is 2. The fraction of sp³-hybridized carbons (Fsp3) is 0.0370. The molecule has 3 aromatic carbocycles. The molecule has 2 amide bonds. The number of aromatic nitrogens is 2. The minimum atomic E-state index is -0.421. The Morgan fingerprint density at radius 2 is 1.64 bits per heavy atom. The molecule has 2 heterocycles. The van der Waals surface area contributed by atoms with Crippen LogP contribution in [0.15, 0.2) is 88.8 Å². The van der Waals surface area contributed by atoms with Gasteiger partial charge in [-0.25, -0.2) is 14.4 Å². The standard InChI is InChI=1S/C27H19FN4O3S/c1-16(33)30-18-12-10-17(11-13-18)23-15-36-27(31-23)32-25(34)19-6-2-3-7-20(19)26-29-14-24(35-26)21-8-4-5-9-22(21)28/h2-15H,1H3,(H,30,33)(H,31,32,34). The summed E-state index contributed by atoms with van der Waals surface area (Å²) in [6.07, 6.45) is 1.44. The number of hydrogen-bond donors (Lipinski definition) is 2. The monoisotopic (exact) mass is 498 g/mol. The molecule has 0 fully saturated rings. The number of oxazole rings is 1. The van der Waals surface area contributed by atoms with E-state index in [0.717, 1.165) is 5.56 Å². The van der Waals surface area contributed by atoms with Crippen molar-refractivity contribution in [3.8, 4) is 34.0 Å². The lowest BCUT2D eigenvalue weighted by molar-refractivity contribution is -0.114. The zero-order chi connectivity index (χ0) is 25.1. The van der Waals surface area contributed by atoms with Crippen LogP contribution in [-0.4, -0.2) is 21.8 Å². The summed E-state index contributed by atoms with van der Waals surface area (Å²) in [4.78, 5) is 33.1. The molecule has 2 aromatic heterocycles. The highest BCUT2D eigenvalue weighted by Gasteiger charge is 2.19. The van der Waals surface area contributed by atoms with E-state index in [0.29, 0.717) is 33.2 Å². The molecule has 178 valence electrons. The van der Waals surface area contributed by atoms with Crippen molar-refractivity contribution >= 4 is 34.0 Å². The second-order valence-corrected chi connectivity index (χ2v) is 8.66. The van der Waals surface area contributed by atoms with Gasteiger partial charge < -0.3 is 9.73 Å². The molecular weight excluding hydrogens is 479 g/mol. The number of carbonyl (C=O) groups excluding carboxylic acids is 2. The van der Waals surface area contributed by atoms with Crippen LogP contribution in [-0.2, 0) is 4.79 Å². The van der Waals surface area contributed by atoms with Gasteiger partial charge in [-0.1, -0.05) is 36.4 Å². The highest BCUT2D eigenvalue weighted by Crippen LogP contribution is 2.31. The molecule has 7 nitrogen and oxygen atoms in total. The van der Waals surface area contributed by atoms with Gasteiger partial charge in [0.15, 0.2) is 10.9 Å². The number of hydrogen-bond acceptors (Lipinski definition) is 6. The molecule has 0 bridgehead atoms. The first-order chi connectivity index (χ1) is 17.5. The number of amides is 2. The van der Waals surface area contributed by atoms with Crippen molar-refractivity contribution in [3.63, 3.8) is 0 Å². The van der Waals surface area contributed by atoms with Crippen LogP contribution in [0.25, 0.3) is 34.0 Å². The first-order valence-corrected chi connectivity index (χ1v) is 11.8. The minimum Gasteiger partial charge on any atom is -0.436 e. The van der Waals surface area contributed by atoms with Gasteiger partial charge in [-0.2, -0.15) is 0 Å². The first kappa shape index (κ1) is 23.1. The third-order valence-corrected chi connectivity index (χ3v) is 6.03. The molecule has 5 aromatic rings. The second kappa shape index (κ2) is 9.93. The third-order valence-electron chi connectivity index (χ3n) is 5.27. The maximum Gasteiger partial charge on any atom is 0.258 e. The van der Waals surface area contributed by atoms with E-state index in [-0.39, 0.29) is 23.5 Å². The van der Waals surface area contributed by atoms with E-state index in [1.807, 2.05) is 17.5 Å². The van der Waals surface area contributed by atoms with E-state index in [1.54, 1.807) is 54.6 Å². The van der Waals surface area contributed by atoms with Crippen molar-refractivity contribution in [2.24, 2.45) is 0 Å². The number of benzene rings is 3. The lowest BCUT2D eigenvalue weighted by atomic mass is 10.1. The predicted molar refractivity (Wildman–Crippen MR) is 137 cm³/mol. The fourth-order valence-corrected chi connectivity index (χ4v) is 4.32. The zero-order valence-electron chi connectivity index (χ0n) is 19.0. The van der Waals surface area contributed by atoms with Crippen LogP contribution >= 0.6 is 11.3 Å². The summed E-state index contributed by atoms with van der Waals surface area (Å²) in [6, 6.07) is 20.4. The molecule has 5 rings (SSSR count). The predicted octanol–water partition coefficient (Wildman–Crippen LogP) is 6.48. The maximum absolute atomic E-state index is 14.2. The van der Waals surface area contributed by atoms with Crippen LogP contribution in [0.1, 0.15) is 17.3 Å². The van der Waals surface area contributed by atoms with Crippen LogP contribution in [0.4, 0.5) is 15.2 Å². The van der Waals surface area contributed by atoms with E-state index in [9.17, 15) is 14.0 Å². The highest BCUT2D eigenvalue weighted by atomic mass is 32.1. The Labute approximate surface area is 209 Å². The average Bonchev–Trinajstić information content (AvgIpc) is 3.55. The number of rotatable bonds is 6. The van der Waals surface area contributed by atoms with Gasteiger partial charge in [0.1, 0.15) is 5.82 Å². The largest absolute Gasteiger partial charge is 0.436 e. The summed E-state index contributed by atoms with van der Waals surface area (Å²) in [5, 5.41) is 7.81. The molecule has 2 N–H and O–H groups in total. The third kappa shape index (κ3) is 4.91. The molecule has 0 aliphatic carbocycles. The van der Waals surface area contributed by atoms with Crippen molar-refractivity contribution < 1.29 is 18.4 Å². The molecule has 0 spiro atoms. The SMILES string of the molecule is CC(=O)Nc1ccc(-c2csc(NC(=O)c3ccccc3-c3ncc(-c4ccccc4F)o3)n2)cc1. The van der Waals surface area contributed by atoms with Gasteiger partial charge in [-0.05, 0) is 36.4 Å². The topological polar surface area (TPSA) is 97.1 Å². The zero-order valence-corrected chi connectivity index (χ0v) is 19.8. The average molecular weight is 499 g/mol. The Balaban J connectivity index is 1.35. The smallest absolute Gasteiger partial charge is 0.258 e. The minimum absolute atomic E-state index is 0.144. The van der Waals surface area contributed by atoms with E-state index < -0.39 is 5.82 Å². The molecule has 36 heavy (non-hydrogen) atoms. The number of thiazole rings is 1. The lowest BCUT2D eigenvalue weighted by Gasteiger charge is -2.06. The maximum atomic E-state index is 14.2. The molecule has 0 radical (unpaired) electrons. The van der Waals surface area contributed by atoms with E-state index in [1.165, 1.54) is 30.5 Å². The van der Waals surface area contributed by atoms with Crippen molar-refractivity contribution in [1.29, 1.82) is 0 Å². The van der Waals surface area contributed by atoms with Gasteiger partial charge in [-0.15, -0.1) is 11.3 Å². The van der Waals surface area contributed by atoms with Crippen LogP contribution in [0.2, 0.25) is 0 Å². The van der Waals surface area contributed by atoms with Crippen molar-refractivity contribution in [3.05, 3.63) is 95.8 Å². The Morgan fingerprint density at radius 1 is 0.917 bits per heavy atom. The molecule has 0 unspecified atom stereocenters. The Morgan fingerprint density at radius 3 is 2.39 bits per heavy atom. The van der Waals surface area contributed by atoms with Crippen LogP contribution in [0.3, 0.4) is 0 Å². The highest BCUT2D eigenvalue weighted by molar-refractivity contribution is 7.14. The van der Waals surface area contributed by atoms with Crippen molar-refractivity contribution in [2.75, 3.05) is 10.6 Å². The van der Waals surface area contributed by atoms with Gasteiger partial charge >= 0.3 is 0 Å². The lowest BCUT2D eigenvalue weighted by Crippen LogP contribution is -2.13. The number of nitrogens with one attached hydrogen (secondary N) is 2. The van der Waals surface area contributed by atoms with Crippen LogP contribution in [0.5, 0.6) is 0 Å². The molecule has 0 aliphatic heterocycles. The molecule has 0 saturated heterocycles. The van der Waals surface area contributed by atoms with Gasteiger partial charge in [-0.3, -0.25) is 14.9 Å². The first-order valence-electron chi connectivity index (χ1n) is 10.9. The molecular formula is C27H19FN4O3S. The molecule has 0 atom stereocenters. The van der Waals surface area contributed by atoms with Gasteiger partial charge in [0, 0.05) is 29.1 Å². The molecule has 9 heteroatoms. The van der Waals surface area contributed by atoms with E-state index >= 15 is 0 Å². The quantitative estimate of drug-likeness (QED) is 0.279. The normalized spacial score (nSPS) is 10.7. The Kier molecular flexibility index (Phi) is 6.38. The van der Waals surface area contributed by atoms with Gasteiger partial charge in [0.05, 0.1) is 23.0 Å². The van der Waals surface area contributed by atoms with Crippen molar-refractivity contribution in [1.82, 2.24) is 9.97 Å². The van der Waals surface area contributed by atoms with E-state index in [2.05, 4.69) is 20.6 Å².